The molecule has 8 heteroatoms. The summed E-state index contributed by atoms with van der Waals surface area (Å²) in [6.45, 7) is 0. The standard InChI is InChI=1S/C17H13ClN4O3/c1-25-17(24)13-4-2-3-5-14(13)22-16(23)11(8-19)9-20-15-7-6-12(18)10-21-15/h2-7,9-10H,1H3,(H,20,21)(H,22,23)/b11-9-. The summed E-state index contributed by atoms with van der Waals surface area (Å²) in [4.78, 5) is 27.9. The third-order valence-electron chi connectivity index (χ3n) is 3.04. The molecule has 0 atom stereocenters. The first-order valence-corrected chi connectivity index (χ1v) is 7.40. The highest BCUT2D eigenvalue weighted by Gasteiger charge is 2.15. The van der Waals surface area contributed by atoms with Gasteiger partial charge in [0.25, 0.3) is 5.91 Å². The molecule has 2 aromatic rings. The number of methoxy groups -OCH3 is 1. The second-order valence-electron chi connectivity index (χ2n) is 4.67. The van der Waals surface area contributed by atoms with Gasteiger partial charge in [0.15, 0.2) is 0 Å². The van der Waals surface area contributed by atoms with Crippen LogP contribution in [-0.2, 0) is 9.53 Å². The highest BCUT2D eigenvalue weighted by molar-refractivity contribution is 6.30. The summed E-state index contributed by atoms with van der Waals surface area (Å²) in [7, 11) is 1.24. The molecule has 0 saturated carbocycles. The van der Waals surface area contributed by atoms with Crippen molar-refractivity contribution in [2.24, 2.45) is 0 Å². The lowest BCUT2D eigenvalue weighted by Crippen LogP contribution is -2.17. The van der Waals surface area contributed by atoms with E-state index in [4.69, 9.17) is 16.9 Å². The molecule has 0 fully saturated rings. The molecule has 7 nitrogen and oxygen atoms in total. The van der Waals surface area contributed by atoms with Crippen LogP contribution in [0.4, 0.5) is 11.5 Å². The molecular weight excluding hydrogens is 344 g/mol. The molecule has 0 radical (unpaired) electrons. The normalized spacial score (nSPS) is 10.5. The fourth-order valence-electron chi connectivity index (χ4n) is 1.83. The summed E-state index contributed by atoms with van der Waals surface area (Å²) in [6, 6.07) is 11.3. The van der Waals surface area contributed by atoms with Crippen LogP contribution in [0, 0.1) is 11.3 Å². The molecule has 1 aromatic carbocycles. The van der Waals surface area contributed by atoms with E-state index in [1.54, 1.807) is 30.3 Å². The zero-order valence-electron chi connectivity index (χ0n) is 13.1. The number of hydrogen-bond donors (Lipinski definition) is 2. The van der Waals surface area contributed by atoms with E-state index >= 15 is 0 Å². The fraction of sp³-hybridized carbons (Fsp3) is 0.0588. The van der Waals surface area contributed by atoms with E-state index < -0.39 is 11.9 Å². The predicted octanol–water partition coefficient (Wildman–Crippen LogP) is 2.98. The minimum Gasteiger partial charge on any atom is -0.465 e. The predicted molar refractivity (Wildman–Crippen MR) is 93.0 cm³/mol. The Hall–Kier alpha value is -3.37. The second-order valence-corrected chi connectivity index (χ2v) is 5.10. The van der Waals surface area contributed by atoms with Crippen LogP contribution in [0.1, 0.15) is 10.4 Å². The molecule has 2 rings (SSSR count). The Labute approximate surface area is 148 Å². The van der Waals surface area contributed by atoms with Gasteiger partial charge in [-0.2, -0.15) is 5.26 Å². The Morgan fingerprint density at radius 2 is 2.04 bits per heavy atom. The SMILES string of the molecule is COC(=O)c1ccccc1NC(=O)/C(C#N)=C\Nc1ccc(Cl)cn1. The van der Waals surface area contributed by atoms with Crippen LogP contribution in [0.25, 0.3) is 0 Å². The number of halogens is 1. The smallest absolute Gasteiger partial charge is 0.339 e. The number of pyridine rings is 1. The van der Waals surface area contributed by atoms with Crippen molar-refractivity contribution in [1.29, 1.82) is 5.26 Å². The minimum absolute atomic E-state index is 0.183. The zero-order chi connectivity index (χ0) is 18.2. The number of ether oxygens (including phenoxy) is 1. The first-order valence-electron chi connectivity index (χ1n) is 7.02. The van der Waals surface area contributed by atoms with Gasteiger partial charge in [-0.05, 0) is 24.3 Å². The van der Waals surface area contributed by atoms with E-state index in [9.17, 15) is 9.59 Å². The Kier molecular flexibility index (Phi) is 6.09. The largest absolute Gasteiger partial charge is 0.465 e. The van der Waals surface area contributed by atoms with Crippen LogP contribution in [-0.4, -0.2) is 24.0 Å². The molecule has 0 aliphatic carbocycles. The van der Waals surface area contributed by atoms with E-state index in [0.717, 1.165) is 0 Å². The molecule has 0 bridgehead atoms. The Morgan fingerprint density at radius 1 is 1.28 bits per heavy atom. The molecule has 25 heavy (non-hydrogen) atoms. The van der Waals surface area contributed by atoms with Crippen LogP contribution < -0.4 is 10.6 Å². The van der Waals surface area contributed by atoms with Crippen LogP contribution in [0.15, 0.2) is 54.4 Å². The van der Waals surface area contributed by atoms with Crippen LogP contribution in [0.5, 0.6) is 0 Å². The van der Waals surface area contributed by atoms with Gasteiger partial charge in [-0.15, -0.1) is 0 Å². The van der Waals surface area contributed by atoms with Crippen molar-refractivity contribution >= 4 is 35.0 Å². The maximum atomic E-state index is 12.2. The van der Waals surface area contributed by atoms with Gasteiger partial charge in [0.1, 0.15) is 17.5 Å². The molecular formula is C17H13ClN4O3. The zero-order valence-corrected chi connectivity index (χ0v) is 13.9. The quantitative estimate of drug-likeness (QED) is 0.485. The number of hydrogen-bond acceptors (Lipinski definition) is 6. The molecule has 0 saturated heterocycles. The van der Waals surface area contributed by atoms with Crippen molar-refractivity contribution in [3.63, 3.8) is 0 Å². The maximum Gasteiger partial charge on any atom is 0.339 e. The van der Waals surface area contributed by atoms with Gasteiger partial charge < -0.3 is 15.4 Å². The van der Waals surface area contributed by atoms with Gasteiger partial charge in [-0.1, -0.05) is 23.7 Å². The monoisotopic (exact) mass is 356 g/mol. The lowest BCUT2D eigenvalue weighted by molar-refractivity contribution is -0.112. The average molecular weight is 357 g/mol. The van der Waals surface area contributed by atoms with Crippen molar-refractivity contribution in [3.05, 3.63) is 65.0 Å². The molecule has 1 aromatic heterocycles. The van der Waals surface area contributed by atoms with Gasteiger partial charge in [-0.25, -0.2) is 9.78 Å². The van der Waals surface area contributed by atoms with Gasteiger partial charge >= 0.3 is 5.97 Å². The van der Waals surface area contributed by atoms with Gasteiger partial charge in [0.05, 0.1) is 23.4 Å². The summed E-state index contributed by atoms with van der Waals surface area (Å²) >= 11 is 5.73. The number of benzene rings is 1. The minimum atomic E-state index is -0.680. The first-order chi connectivity index (χ1) is 12.0. The number of anilines is 2. The van der Waals surface area contributed by atoms with Crippen LogP contribution >= 0.6 is 11.6 Å². The number of carbonyl (C=O) groups excluding carboxylic acids is 2. The van der Waals surface area contributed by atoms with Crippen molar-refractivity contribution in [2.75, 3.05) is 17.7 Å². The maximum absolute atomic E-state index is 12.2. The molecule has 1 amide bonds. The van der Waals surface area contributed by atoms with Crippen LogP contribution in [0.2, 0.25) is 5.02 Å². The number of nitrogens with zero attached hydrogens (tertiary/aromatic N) is 2. The molecule has 0 aliphatic heterocycles. The topological polar surface area (TPSA) is 104 Å². The van der Waals surface area contributed by atoms with E-state index in [-0.39, 0.29) is 16.8 Å². The number of nitriles is 1. The fourth-order valence-corrected chi connectivity index (χ4v) is 1.94. The number of rotatable bonds is 5. The lowest BCUT2D eigenvalue weighted by atomic mass is 10.1. The van der Waals surface area contributed by atoms with Gasteiger partial charge in [0.2, 0.25) is 0 Å². The van der Waals surface area contributed by atoms with Gasteiger partial charge in [0, 0.05) is 12.4 Å². The summed E-state index contributed by atoms with van der Waals surface area (Å²) in [6.07, 6.45) is 2.64. The van der Waals surface area contributed by atoms with Crippen molar-refractivity contribution < 1.29 is 14.3 Å². The lowest BCUT2D eigenvalue weighted by Gasteiger charge is -2.09. The van der Waals surface area contributed by atoms with E-state index in [0.29, 0.717) is 10.8 Å². The van der Waals surface area contributed by atoms with Crippen molar-refractivity contribution in [1.82, 2.24) is 4.98 Å². The summed E-state index contributed by atoms with van der Waals surface area (Å²) in [5.74, 6) is -0.859. The third kappa shape index (κ3) is 4.80. The second kappa shape index (κ2) is 8.47. The number of para-hydroxylation sites is 1. The van der Waals surface area contributed by atoms with Crippen molar-refractivity contribution in [3.8, 4) is 6.07 Å². The average Bonchev–Trinajstić information content (AvgIpc) is 2.63. The summed E-state index contributed by atoms with van der Waals surface area (Å²) in [5.41, 5.74) is 0.226. The Balaban J connectivity index is 2.15. The number of esters is 1. The molecule has 1 heterocycles. The summed E-state index contributed by atoms with van der Waals surface area (Å²) in [5, 5.41) is 14.9. The summed E-state index contributed by atoms with van der Waals surface area (Å²) < 4.78 is 4.66. The number of nitrogens with one attached hydrogen (secondary N) is 2. The van der Waals surface area contributed by atoms with Crippen LogP contribution in [0.3, 0.4) is 0 Å². The number of amides is 1. The number of aromatic nitrogens is 1. The Morgan fingerprint density at radius 3 is 2.68 bits per heavy atom. The highest BCUT2D eigenvalue weighted by Crippen LogP contribution is 2.17. The molecule has 0 aliphatic rings. The third-order valence-corrected chi connectivity index (χ3v) is 3.26. The molecule has 2 N–H and O–H groups in total. The molecule has 126 valence electrons. The number of carbonyl (C=O) groups is 2. The molecule has 0 unspecified atom stereocenters. The highest BCUT2D eigenvalue weighted by atomic mass is 35.5. The van der Waals surface area contributed by atoms with E-state index in [1.165, 1.54) is 31.6 Å². The van der Waals surface area contributed by atoms with E-state index in [2.05, 4.69) is 20.4 Å². The van der Waals surface area contributed by atoms with E-state index in [1.807, 2.05) is 0 Å². The first kappa shape index (κ1) is 18.0. The molecule has 0 spiro atoms. The Bertz CT molecular complexity index is 857. The van der Waals surface area contributed by atoms with Gasteiger partial charge in [-0.3, -0.25) is 4.79 Å². The van der Waals surface area contributed by atoms with Crippen molar-refractivity contribution in [2.45, 2.75) is 0 Å².